The van der Waals surface area contributed by atoms with Gasteiger partial charge in [0, 0.05) is 6.04 Å². The van der Waals surface area contributed by atoms with Crippen LogP contribution in [-0.2, 0) is 6.54 Å². The molecular weight excluding hydrogens is 186 g/mol. The summed E-state index contributed by atoms with van der Waals surface area (Å²) in [6.45, 7) is 5.99. The third-order valence-corrected chi connectivity index (χ3v) is 3.23. The van der Waals surface area contributed by atoms with Gasteiger partial charge in [-0.15, -0.1) is 0 Å². The first-order valence-electron chi connectivity index (χ1n) is 5.96. The van der Waals surface area contributed by atoms with E-state index in [9.17, 15) is 0 Å². The van der Waals surface area contributed by atoms with Crippen LogP contribution in [0.25, 0.3) is 0 Å². The average molecular weight is 206 g/mol. The molecule has 1 aliphatic rings. The molecule has 1 saturated carbocycles. The molecule has 2 rings (SSSR count). The highest BCUT2D eigenvalue weighted by Crippen LogP contribution is 2.25. The Morgan fingerprint density at radius 3 is 2.80 bits per heavy atom. The molecule has 1 fully saturated rings. The van der Waals surface area contributed by atoms with Crippen LogP contribution in [0.15, 0.2) is 22.8 Å². The molecule has 1 aliphatic carbocycles. The second-order valence-corrected chi connectivity index (χ2v) is 4.34. The third kappa shape index (κ3) is 2.85. The summed E-state index contributed by atoms with van der Waals surface area (Å²) >= 11 is 0. The predicted octanol–water partition coefficient (Wildman–Crippen LogP) is 3.25. The van der Waals surface area contributed by atoms with Gasteiger partial charge in [0.2, 0.25) is 0 Å². The highest BCUT2D eigenvalue weighted by Gasteiger charge is 2.22. The normalized spacial score (nSPS) is 17.7. The molecule has 83 valence electrons. The van der Waals surface area contributed by atoms with Gasteiger partial charge >= 0.3 is 0 Å². The molecule has 0 N–H and O–H groups in total. The molecule has 2 heteroatoms. The SMILES string of the molecule is [CH2]CCN(Cc1ccco1)C1CCCC1. The number of nitrogens with zero attached hydrogens (tertiary/aromatic N) is 1. The van der Waals surface area contributed by atoms with Crippen LogP contribution in [0.5, 0.6) is 0 Å². The summed E-state index contributed by atoms with van der Waals surface area (Å²) in [6, 6.07) is 4.79. The van der Waals surface area contributed by atoms with E-state index in [-0.39, 0.29) is 0 Å². The topological polar surface area (TPSA) is 16.4 Å². The third-order valence-electron chi connectivity index (χ3n) is 3.23. The lowest BCUT2D eigenvalue weighted by Gasteiger charge is -2.27. The standard InChI is InChI=1S/C13H20NO/c1-2-9-14(12-6-3-4-7-12)11-13-8-5-10-15-13/h5,8,10,12H,1-4,6-7,9,11H2. The average Bonchev–Trinajstić information content (AvgIpc) is 2.89. The van der Waals surface area contributed by atoms with Crippen molar-refractivity contribution in [2.24, 2.45) is 0 Å². The van der Waals surface area contributed by atoms with Gasteiger partial charge in [-0.2, -0.15) is 0 Å². The maximum atomic E-state index is 5.41. The zero-order chi connectivity index (χ0) is 10.5. The fourth-order valence-electron chi connectivity index (χ4n) is 2.47. The number of furan rings is 1. The van der Waals surface area contributed by atoms with Crippen molar-refractivity contribution in [2.45, 2.75) is 44.7 Å². The van der Waals surface area contributed by atoms with Gasteiger partial charge in [-0.3, -0.25) is 4.90 Å². The Kier molecular flexibility index (Phi) is 3.84. The Balaban J connectivity index is 1.93. The molecule has 0 unspecified atom stereocenters. The summed E-state index contributed by atoms with van der Waals surface area (Å²) in [5, 5.41) is 0. The quantitative estimate of drug-likeness (QED) is 0.735. The van der Waals surface area contributed by atoms with E-state index in [0.717, 1.165) is 31.3 Å². The largest absolute Gasteiger partial charge is 0.468 e. The van der Waals surface area contributed by atoms with Crippen LogP contribution >= 0.6 is 0 Å². The molecule has 1 aromatic rings. The van der Waals surface area contributed by atoms with Crippen molar-refractivity contribution >= 4 is 0 Å². The van der Waals surface area contributed by atoms with Crippen molar-refractivity contribution in [3.8, 4) is 0 Å². The first-order chi connectivity index (χ1) is 7.40. The zero-order valence-corrected chi connectivity index (χ0v) is 9.32. The molecule has 15 heavy (non-hydrogen) atoms. The van der Waals surface area contributed by atoms with E-state index in [1.165, 1.54) is 25.7 Å². The Morgan fingerprint density at radius 2 is 2.20 bits per heavy atom. The molecule has 2 nitrogen and oxygen atoms in total. The maximum absolute atomic E-state index is 5.41. The molecule has 0 bridgehead atoms. The lowest BCUT2D eigenvalue weighted by Crippen LogP contribution is -2.33. The van der Waals surface area contributed by atoms with Crippen LogP contribution in [0.4, 0.5) is 0 Å². The second-order valence-electron chi connectivity index (χ2n) is 4.34. The van der Waals surface area contributed by atoms with Crippen LogP contribution in [0, 0.1) is 6.92 Å². The van der Waals surface area contributed by atoms with Gasteiger partial charge in [0.05, 0.1) is 12.8 Å². The first kappa shape index (κ1) is 10.7. The molecule has 1 heterocycles. The number of hydrogen-bond donors (Lipinski definition) is 0. The molecule has 0 amide bonds. The lowest BCUT2D eigenvalue weighted by atomic mass is 10.2. The molecule has 1 radical (unpaired) electrons. The van der Waals surface area contributed by atoms with Crippen molar-refractivity contribution in [3.05, 3.63) is 31.1 Å². The van der Waals surface area contributed by atoms with Crippen LogP contribution in [0.1, 0.15) is 37.9 Å². The van der Waals surface area contributed by atoms with Gasteiger partial charge in [-0.05, 0) is 37.9 Å². The van der Waals surface area contributed by atoms with Crippen molar-refractivity contribution in [2.75, 3.05) is 6.54 Å². The van der Waals surface area contributed by atoms with Crippen LogP contribution in [-0.4, -0.2) is 17.5 Å². The first-order valence-corrected chi connectivity index (χ1v) is 5.96. The summed E-state index contributed by atoms with van der Waals surface area (Å²) in [7, 11) is 0. The smallest absolute Gasteiger partial charge is 0.117 e. The molecular formula is C13H20NO. The molecule has 1 aromatic heterocycles. The summed E-state index contributed by atoms with van der Waals surface area (Å²) in [6.07, 6.45) is 8.21. The van der Waals surface area contributed by atoms with E-state index in [1.54, 1.807) is 6.26 Å². The molecule has 0 aromatic carbocycles. The highest BCUT2D eigenvalue weighted by molar-refractivity contribution is 4.98. The Hall–Kier alpha value is -0.760. The van der Waals surface area contributed by atoms with Gasteiger partial charge in [0.1, 0.15) is 5.76 Å². The zero-order valence-electron chi connectivity index (χ0n) is 9.32. The van der Waals surface area contributed by atoms with E-state index >= 15 is 0 Å². The van der Waals surface area contributed by atoms with Crippen molar-refractivity contribution in [1.82, 2.24) is 4.90 Å². The monoisotopic (exact) mass is 206 g/mol. The summed E-state index contributed by atoms with van der Waals surface area (Å²) in [5.74, 6) is 1.08. The van der Waals surface area contributed by atoms with Crippen LogP contribution in [0.3, 0.4) is 0 Å². The number of hydrogen-bond acceptors (Lipinski definition) is 2. The minimum Gasteiger partial charge on any atom is -0.468 e. The highest BCUT2D eigenvalue weighted by atomic mass is 16.3. The van der Waals surface area contributed by atoms with E-state index in [2.05, 4.69) is 17.9 Å². The Bertz CT molecular complexity index is 262. The fourth-order valence-corrected chi connectivity index (χ4v) is 2.47. The summed E-state index contributed by atoms with van der Waals surface area (Å²) in [4.78, 5) is 2.53. The van der Waals surface area contributed by atoms with Crippen molar-refractivity contribution in [1.29, 1.82) is 0 Å². The van der Waals surface area contributed by atoms with Crippen LogP contribution in [0.2, 0.25) is 0 Å². The second kappa shape index (κ2) is 5.36. The van der Waals surface area contributed by atoms with Gasteiger partial charge in [-0.1, -0.05) is 19.8 Å². The van der Waals surface area contributed by atoms with Gasteiger partial charge in [0.25, 0.3) is 0 Å². The summed E-state index contributed by atoms with van der Waals surface area (Å²) in [5.41, 5.74) is 0. The van der Waals surface area contributed by atoms with Gasteiger partial charge in [-0.25, -0.2) is 0 Å². The fraction of sp³-hybridized carbons (Fsp3) is 0.615. The predicted molar refractivity (Wildman–Crippen MR) is 61.3 cm³/mol. The van der Waals surface area contributed by atoms with E-state index in [0.29, 0.717) is 0 Å². The van der Waals surface area contributed by atoms with E-state index in [1.807, 2.05) is 6.07 Å². The lowest BCUT2D eigenvalue weighted by molar-refractivity contribution is 0.178. The molecule has 0 saturated heterocycles. The van der Waals surface area contributed by atoms with Crippen LogP contribution < -0.4 is 0 Å². The minimum atomic E-state index is 0.761. The minimum absolute atomic E-state index is 0.761. The van der Waals surface area contributed by atoms with Crippen molar-refractivity contribution < 1.29 is 4.42 Å². The van der Waals surface area contributed by atoms with Gasteiger partial charge < -0.3 is 4.42 Å². The molecule has 0 atom stereocenters. The summed E-state index contributed by atoms with van der Waals surface area (Å²) < 4.78 is 5.41. The number of rotatable bonds is 5. The van der Waals surface area contributed by atoms with E-state index in [4.69, 9.17) is 4.42 Å². The van der Waals surface area contributed by atoms with E-state index < -0.39 is 0 Å². The van der Waals surface area contributed by atoms with Crippen molar-refractivity contribution in [3.63, 3.8) is 0 Å². The van der Waals surface area contributed by atoms with Gasteiger partial charge in [0.15, 0.2) is 0 Å². The Morgan fingerprint density at radius 1 is 1.40 bits per heavy atom. The maximum Gasteiger partial charge on any atom is 0.117 e. The molecule has 0 spiro atoms. The Labute approximate surface area is 92.3 Å². The molecule has 0 aliphatic heterocycles.